The molecule has 7 nitrogen and oxygen atoms in total. The number of esters is 2. The Morgan fingerprint density at radius 2 is 1.85 bits per heavy atom. The SMILES string of the molecule is CC(=O)OCC1O[C@@H](n2[se]c3ccccc3c2=O)C(OC(C)=O)[C@@H](C)[C@@H]1C. The molecule has 0 spiro atoms. The summed E-state index contributed by atoms with van der Waals surface area (Å²) in [6.07, 6.45) is -1.67. The quantitative estimate of drug-likeness (QED) is 0.532. The molecule has 1 aromatic carbocycles. The number of nitrogens with zero attached hydrogens (tertiary/aromatic N) is 1. The van der Waals surface area contributed by atoms with E-state index in [9.17, 15) is 14.4 Å². The number of fused-ring (bicyclic) bond motifs is 1. The standard InChI is InChI=1S/C19H23NO6Se/c1-10-11(2)17(25-13(4)22)19(26-15(10)9-24-12(3)21)20-18(23)14-7-5-6-8-16(14)27-20/h5-8,10-11,15,17,19H,9H2,1-4H3/t10-,11-,15?,17?,19+/m0/s1. The van der Waals surface area contributed by atoms with Crippen molar-refractivity contribution in [1.29, 1.82) is 0 Å². The molecule has 0 radical (unpaired) electrons. The van der Waals surface area contributed by atoms with Crippen LogP contribution < -0.4 is 5.56 Å². The molecule has 146 valence electrons. The van der Waals surface area contributed by atoms with Crippen LogP contribution in [-0.2, 0) is 23.8 Å². The minimum absolute atomic E-state index is 0.0162. The van der Waals surface area contributed by atoms with Crippen LogP contribution in [0.3, 0.4) is 0 Å². The third-order valence-corrected chi connectivity index (χ3v) is 7.38. The van der Waals surface area contributed by atoms with E-state index in [4.69, 9.17) is 14.2 Å². The fraction of sp³-hybridized carbons (Fsp3) is 0.526. The summed E-state index contributed by atoms with van der Waals surface area (Å²) in [5.74, 6) is -0.883. The summed E-state index contributed by atoms with van der Waals surface area (Å²) in [5.41, 5.74) is -0.124. The van der Waals surface area contributed by atoms with E-state index in [0.717, 1.165) is 4.26 Å². The van der Waals surface area contributed by atoms with E-state index in [-0.39, 0.29) is 50.8 Å². The Bertz CT molecular complexity index is 901. The van der Waals surface area contributed by atoms with Crippen molar-refractivity contribution < 1.29 is 23.8 Å². The third kappa shape index (κ3) is 4.03. The molecule has 8 heteroatoms. The van der Waals surface area contributed by atoms with Gasteiger partial charge in [0.15, 0.2) is 0 Å². The maximum atomic E-state index is 12.9. The van der Waals surface area contributed by atoms with Crippen LogP contribution in [0.25, 0.3) is 9.65 Å². The molecule has 2 unspecified atom stereocenters. The monoisotopic (exact) mass is 441 g/mol. The van der Waals surface area contributed by atoms with Gasteiger partial charge in [-0.25, -0.2) is 0 Å². The first-order valence-corrected chi connectivity index (χ1v) is 10.5. The Balaban J connectivity index is 2.00. The third-order valence-electron chi connectivity index (χ3n) is 5.03. The molecule has 1 aliphatic rings. The van der Waals surface area contributed by atoms with Crippen LogP contribution in [0.1, 0.15) is 33.9 Å². The second-order valence-electron chi connectivity index (χ2n) is 6.88. The molecular formula is C19H23NO6Se. The van der Waals surface area contributed by atoms with Crippen LogP contribution in [0, 0.1) is 11.8 Å². The predicted molar refractivity (Wildman–Crippen MR) is 99.6 cm³/mol. The normalized spacial score (nSPS) is 28.1. The molecule has 1 aromatic heterocycles. The van der Waals surface area contributed by atoms with E-state index in [1.165, 1.54) is 13.8 Å². The molecule has 3 rings (SSSR count). The Hall–Kier alpha value is -1.89. The zero-order chi connectivity index (χ0) is 19.7. The Labute approximate surface area is 163 Å². The molecule has 1 aliphatic heterocycles. The average Bonchev–Trinajstić information content (AvgIpc) is 2.95. The van der Waals surface area contributed by atoms with Crippen molar-refractivity contribution in [3.05, 3.63) is 34.6 Å². The summed E-state index contributed by atoms with van der Waals surface area (Å²) >= 11 is -0.275. The van der Waals surface area contributed by atoms with Gasteiger partial charge in [0.25, 0.3) is 0 Å². The molecule has 1 fully saturated rings. The number of aromatic nitrogens is 1. The molecule has 2 aromatic rings. The van der Waals surface area contributed by atoms with Crippen LogP contribution in [-0.4, -0.2) is 49.0 Å². The van der Waals surface area contributed by atoms with E-state index in [2.05, 4.69) is 0 Å². The van der Waals surface area contributed by atoms with E-state index in [0.29, 0.717) is 5.39 Å². The molecule has 27 heavy (non-hydrogen) atoms. The number of rotatable bonds is 4. The van der Waals surface area contributed by atoms with Gasteiger partial charge in [-0.2, -0.15) is 0 Å². The van der Waals surface area contributed by atoms with Crippen LogP contribution in [0.5, 0.6) is 0 Å². The maximum absolute atomic E-state index is 12.9. The van der Waals surface area contributed by atoms with Crippen molar-refractivity contribution in [2.75, 3.05) is 6.61 Å². The molecule has 1 saturated heterocycles. The summed E-state index contributed by atoms with van der Waals surface area (Å²) in [6.45, 7) is 6.74. The molecule has 0 amide bonds. The van der Waals surface area contributed by atoms with Gasteiger partial charge < -0.3 is 0 Å². The summed E-state index contributed by atoms with van der Waals surface area (Å²) in [5, 5.41) is 0.658. The van der Waals surface area contributed by atoms with Crippen molar-refractivity contribution in [1.82, 2.24) is 3.56 Å². The zero-order valence-corrected chi connectivity index (χ0v) is 17.4. The van der Waals surface area contributed by atoms with Gasteiger partial charge in [-0.05, 0) is 0 Å². The second kappa shape index (κ2) is 8.00. The second-order valence-corrected chi connectivity index (χ2v) is 9.01. The van der Waals surface area contributed by atoms with Crippen LogP contribution in [0.15, 0.2) is 29.1 Å². The Kier molecular flexibility index (Phi) is 5.89. The van der Waals surface area contributed by atoms with E-state index < -0.39 is 18.3 Å². The molecule has 0 aliphatic carbocycles. The number of carbonyl (C=O) groups excluding carboxylic acids is 2. The number of ether oxygens (including phenoxy) is 3. The Morgan fingerprint density at radius 3 is 2.48 bits per heavy atom. The van der Waals surface area contributed by atoms with Gasteiger partial charge in [-0.1, -0.05) is 0 Å². The first kappa shape index (κ1) is 19.9. The molecular weight excluding hydrogens is 417 g/mol. The summed E-state index contributed by atoms with van der Waals surface area (Å²) in [6, 6.07) is 7.46. The molecule has 0 N–H and O–H groups in total. The van der Waals surface area contributed by atoms with Gasteiger partial charge >= 0.3 is 163 Å². The van der Waals surface area contributed by atoms with E-state index in [1.807, 2.05) is 32.0 Å². The average molecular weight is 440 g/mol. The van der Waals surface area contributed by atoms with E-state index in [1.54, 1.807) is 9.63 Å². The Morgan fingerprint density at radius 1 is 1.15 bits per heavy atom. The van der Waals surface area contributed by atoms with Gasteiger partial charge in [-0.15, -0.1) is 0 Å². The van der Waals surface area contributed by atoms with Gasteiger partial charge in [0, 0.05) is 0 Å². The topological polar surface area (TPSA) is 83.8 Å². The van der Waals surface area contributed by atoms with Gasteiger partial charge in [-0.3, -0.25) is 0 Å². The van der Waals surface area contributed by atoms with Crippen molar-refractivity contribution in [2.24, 2.45) is 11.8 Å². The van der Waals surface area contributed by atoms with E-state index >= 15 is 0 Å². The number of benzene rings is 1. The number of carbonyl (C=O) groups is 2. The van der Waals surface area contributed by atoms with Crippen LogP contribution in [0.4, 0.5) is 0 Å². The fourth-order valence-electron chi connectivity index (χ4n) is 3.37. The van der Waals surface area contributed by atoms with Gasteiger partial charge in [0.1, 0.15) is 0 Å². The molecule has 0 bridgehead atoms. The van der Waals surface area contributed by atoms with Crippen molar-refractivity contribution >= 4 is 36.3 Å². The summed E-state index contributed by atoms with van der Waals surface area (Å²) in [7, 11) is 0. The predicted octanol–water partition coefficient (Wildman–Crippen LogP) is 1.72. The molecule has 2 heterocycles. The first-order valence-electron chi connectivity index (χ1n) is 8.86. The number of hydrogen-bond donors (Lipinski definition) is 0. The van der Waals surface area contributed by atoms with Crippen LogP contribution in [0.2, 0.25) is 0 Å². The zero-order valence-electron chi connectivity index (χ0n) is 15.7. The van der Waals surface area contributed by atoms with Crippen molar-refractivity contribution in [3.8, 4) is 0 Å². The van der Waals surface area contributed by atoms with Crippen molar-refractivity contribution in [3.63, 3.8) is 0 Å². The van der Waals surface area contributed by atoms with Gasteiger partial charge in [0.05, 0.1) is 0 Å². The van der Waals surface area contributed by atoms with Crippen molar-refractivity contribution in [2.45, 2.75) is 46.1 Å². The molecule has 0 saturated carbocycles. The number of hydrogen-bond acceptors (Lipinski definition) is 6. The van der Waals surface area contributed by atoms with Gasteiger partial charge in [0.2, 0.25) is 0 Å². The minimum atomic E-state index is -0.708. The summed E-state index contributed by atoms with van der Waals surface area (Å²) in [4.78, 5) is 35.8. The summed E-state index contributed by atoms with van der Waals surface area (Å²) < 4.78 is 19.5. The fourth-order valence-corrected chi connectivity index (χ4v) is 5.59. The molecule has 5 atom stereocenters. The first-order chi connectivity index (χ1) is 12.8. The van der Waals surface area contributed by atoms with Crippen LogP contribution >= 0.6 is 0 Å².